The van der Waals surface area contributed by atoms with Crippen LogP contribution in [-0.4, -0.2) is 46.3 Å². The van der Waals surface area contributed by atoms with E-state index in [1.165, 1.54) is 0 Å². The van der Waals surface area contributed by atoms with Gasteiger partial charge in [-0.2, -0.15) is 5.10 Å². The molecule has 7 nitrogen and oxygen atoms in total. The molecule has 1 aromatic carbocycles. The van der Waals surface area contributed by atoms with Gasteiger partial charge in [-0.05, 0) is 30.5 Å². The maximum atomic E-state index is 12.6. The standard InChI is InChI=1S/C20H24N4O3/c25-19-2-1-10-23(19)12-15-3-5-17(6-4-15)20(26)22-18-7-9-21-24(18)13-16-8-11-27-14-16/h3-7,9,16H,1-2,8,10-14H2,(H,22,26). The van der Waals surface area contributed by atoms with Crippen LogP contribution in [0.3, 0.4) is 0 Å². The van der Waals surface area contributed by atoms with Crippen LogP contribution in [0, 0.1) is 5.92 Å². The molecule has 2 saturated heterocycles. The van der Waals surface area contributed by atoms with Crippen LogP contribution in [-0.2, 0) is 22.6 Å². The molecular formula is C20H24N4O3. The average Bonchev–Trinajstić information content (AvgIpc) is 3.41. The van der Waals surface area contributed by atoms with E-state index in [9.17, 15) is 9.59 Å². The zero-order valence-electron chi connectivity index (χ0n) is 15.3. The van der Waals surface area contributed by atoms with E-state index in [-0.39, 0.29) is 11.8 Å². The fraction of sp³-hybridized carbons (Fsp3) is 0.450. The number of carbonyl (C=O) groups excluding carboxylic acids is 2. The monoisotopic (exact) mass is 368 g/mol. The molecule has 0 spiro atoms. The summed E-state index contributed by atoms with van der Waals surface area (Å²) in [4.78, 5) is 26.2. The molecule has 2 fully saturated rings. The second-order valence-corrected chi connectivity index (χ2v) is 7.20. The Morgan fingerprint density at radius 1 is 1.26 bits per heavy atom. The number of hydrogen-bond donors (Lipinski definition) is 1. The minimum atomic E-state index is -0.164. The van der Waals surface area contributed by atoms with E-state index in [0.717, 1.165) is 44.7 Å². The van der Waals surface area contributed by atoms with Crippen LogP contribution in [0.1, 0.15) is 35.2 Å². The Morgan fingerprint density at radius 2 is 2.11 bits per heavy atom. The number of nitrogens with zero attached hydrogens (tertiary/aromatic N) is 3. The maximum Gasteiger partial charge on any atom is 0.256 e. The van der Waals surface area contributed by atoms with Gasteiger partial charge in [-0.25, -0.2) is 4.68 Å². The summed E-state index contributed by atoms with van der Waals surface area (Å²) in [5, 5.41) is 7.25. The van der Waals surface area contributed by atoms with Crippen molar-refractivity contribution in [2.24, 2.45) is 5.92 Å². The fourth-order valence-corrected chi connectivity index (χ4v) is 3.60. The molecule has 4 rings (SSSR count). The SMILES string of the molecule is O=C(Nc1ccnn1CC1CCOC1)c1ccc(CN2CCCC2=O)cc1. The summed E-state index contributed by atoms with van der Waals surface area (Å²) in [7, 11) is 0. The lowest BCUT2D eigenvalue weighted by Crippen LogP contribution is -2.23. The van der Waals surface area contributed by atoms with Gasteiger partial charge < -0.3 is 15.0 Å². The summed E-state index contributed by atoms with van der Waals surface area (Å²) in [5.74, 6) is 1.17. The first-order valence-corrected chi connectivity index (χ1v) is 9.46. The third kappa shape index (κ3) is 4.19. The Hall–Kier alpha value is -2.67. The number of ether oxygens (including phenoxy) is 1. The van der Waals surface area contributed by atoms with E-state index in [2.05, 4.69) is 10.4 Å². The third-order valence-electron chi connectivity index (χ3n) is 5.17. The van der Waals surface area contributed by atoms with E-state index in [4.69, 9.17) is 4.74 Å². The number of benzene rings is 1. The summed E-state index contributed by atoms with van der Waals surface area (Å²) in [6.45, 7) is 3.71. The van der Waals surface area contributed by atoms with Gasteiger partial charge in [-0.15, -0.1) is 0 Å². The molecule has 0 radical (unpaired) electrons. The van der Waals surface area contributed by atoms with Crippen LogP contribution in [0.25, 0.3) is 0 Å². The van der Waals surface area contributed by atoms with Gasteiger partial charge in [0.1, 0.15) is 5.82 Å². The second-order valence-electron chi connectivity index (χ2n) is 7.20. The van der Waals surface area contributed by atoms with Gasteiger partial charge >= 0.3 is 0 Å². The Morgan fingerprint density at radius 3 is 2.81 bits per heavy atom. The second kappa shape index (κ2) is 7.92. The molecule has 3 heterocycles. The topological polar surface area (TPSA) is 76.5 Å². The van der Waals surface area contributed by atoms with E-state index < -0.39 is 0 Å². The highest BCUT2D eigenvalue weighted by Gasteiger charge is 2.20. The number of aromatic nitrogens is 2. The van der Waals surface area contributed by atoms with E-state index in [1.807, 2.05) is 21.7 Å². The lowest BCUT2D eigenvalue weighted by molar-refractivity contribution is -0.128. The zero-order valence-corrected chi connectivity index (χ0v) is 15.3. The zero-order chi connectivity index (χ0) is 18.6. The molecule has 2 aliphatic rings. The maximum absolute atomic E-state index is 12.6. The van der Waals surface area contributed by atoms with Crippen molar-refractivity contribution >= 4 is 17.6 Å². The molecule has 27 heavy (non-hydrogen) atoms. The normalized spacial score (nSPS) is 19.6. The van der Waals surface area contributed by atoms with Gasteiger partial charge in [0.25, 0.3) is 5.91 Å². The van der Waals surface area contributed by atoms with Crippen LogP contribution in [0.15, 0.2) is 36.5 Å². The molecule has 0 bridgehead atoms. The number of nitrogens with one attached hydrogen (secondary N) is 1. The molecule has 2 amide bonds. The fourth-order valence-electron chi connectivity index (χ4n) is 3.60. The van der Waals surface area contributed by atoms with Crippen molar-refractivity contribution in [2.45, 2.75) is 32.4 Å². The summed E-state index contributed by atoms with van der Waals surface area (Å²) in [6.07, 6.45) is 4.29. The van der Waals surface area contributed by atoms with Crippen LogP contribution in [0.4, 0.5) is 5.82 Å². The van der Waals surface area contributed by atoms with Crippen molar-refractivity contribution in [3.63, 3.8) is 0 Å². The molecule has 2 aliphatic heterocycles. The highest BCUT2D eigenvalue weighted by Crippen LogP contribution is 2.18. The van der Waals surface area contributed by atoms with Crippen molar-refractivity contribution in [1.29, 1.82) is 0 Å². The van der Waals surface area contributed by atoms with Crippen molar-refractivity contribution < 1.29 is 14.3 Å². The van der Waals surface area contributed by atoms with Gasteiger partial charge in [0, 0.05) is 50.2 Å². The summed E-state index contributed by atoms with van der Waals surface area (Å²) in [5.41, 5.74) is 1.62. The molecule has 2 aromatic rings. The number of likely N-dealkylation sites (tertiary alicyclic amines) is 1. The number of amides is 2. The van der Waals surface area contributed by atoms with Crippen molar-refractivity contribution in [1.82, 2.24) is 14.7 Å². The van der Waals surface area contributed by atoms with Gasteiger partial charge in [0.05, 0.1) is 12.8 Å². The lowest BCUT2D eigenvalue weighted by Gasteiger charge is -2.15. The minimum absolute atomic E-state index is 0.164. The highest BCUT2D eigenvalue weighted by atomic mass is 16.5. The molecule has 1 atom stereocenters. The average molecular weight is 368 g/mol. The Bertz CT molecular complexity index is 809. The molecular weight excluding hydrogens is 344 g/mol. The first-order chi connectivity index (χ1) is 13.2. The highest BCUT2D eigenvalue weighted by molar-refractivity contribution is 6.03. The molecule has 1 N–H and O–H groups in total. The van der Waals surface area contributed by atoms with E-state index >= 15 is 0 Å². The van der Waals surface area contributed by atoms with Crippen LogP contribution >= 0.6 is 0 Å². The summed E-state index contributed by atoms with van der Waals surface area (Å²) < 4.78 is 7.23. The quantitative estimate of drug-likeness (QED) is 0.849. The predicted molar refractivity (Wildman–Crippen MR) is 100 cm³/mol. The Balaban J connectivity index is 1.37. The third-order valence-corrected chi connectivity index (χ3v) is 5.17. The van der Waals surface area contributed by atoms with Gasteiger partial charge in [0.2, 0.25) is 5.91 Å². The molecule has 142 valence electrons. The van der Waals surface area contributed by atoms with Crippen molar-refractivity contribution in [3.8, 4) is 0 Å². The van der Waals surface area contributed by atoms with Gasteiger partial charge in [0.15, 0.2) is 0 Å². The first-order valence-electron chi connectivity index (χ1n) is 9.46. The van der Waals surface area contributed by atoms with Gasteiger partial charge in [-0.3, -0.25) is 9.59 Å². The van der Waals surface area contributed by atoms with Crippen LogP contribution in [0.5, 0.6) is 0 Å². The van der Waals surface area contributed by atoms with E-state index in [1.54, 1.807) is 24.4 Å². The Labute approximate surface area is 158 Å². The molecule has 7 heteroatoms. The predicted octanol–water partition coefficient (Wildman–Crippen LogP) is 2.29. The largest absolute Gasteiger partial charge is 0.381 e. The molecule has 1 aromatic heterocycles. The number of anilines is 1. The van der Waals surface area contributed by atoms with Crippen molar-refractivity contribution in [3.05, 3.63) is 47.7 Å². The van der Waals surface area contributed by atoms with Crippen molar-refractivity contribution in [2.75, 3.05) is 25.1 Å². The minimum Gasteiger partial charge on any atom is -0.381 e. The number of hydrogen-bond acceptors (Lipinski definition) is 4. The summed E-state index contributed by atoms with van der Waals surface area (Å²) in [6, 6.07) is 9.23. The molecule has 0 aliphatic carbocycles. The number of rotatable bonds is 6. The van der Waals surface area contributed by atoms with Gasteiger partial charge in [-0.1, -0.05) is 12.1 Å². The Kier molecular flexibility index (Phi) is 5.20. The summed E-state index contributed by atoms with van der Waals surface area (Å²) >= 11 is 0. The molecule has 0 saturated carbocycles. The smallest absolute Gasteiger partial charge is 0.256 e. The number of carbonyl (C=O) groups is 2. The first kappa shape index (κ1) is 17.7. The van der Waals surface area contributed by atoms with Crippen LogP contribution < -0.4 is 5.32 Å². The lowest BCUT2D eigenvalue weighted by atomic mass is 10.1. The van der Waals surface area contributed by atoms with E-state index in [0.29, 0.717) is 30.3 Å². The van der Waals surface area contributed by atoms with Crippen LogP contribution in [0.2, 0.25) is 0 Å². The molecule has 1 unspecified atom stereocenters.